The molecule has 2 rings (SSSR count). The zero-order chi connectivity index (χ0) is 11.6. The molecule has 1 aliphatic carbocycles. The highest BCUT2D eigenvalue weighted by Crippen LogP contribution is 2.38. The molecule has 0 heterocycles. The van der Waals surface area contributed by atoms with Crippen LogP contribution in [0.5, 0.6) is 0 Å². The lowest BCUT2D eigenvalue weighted by atomic mass is 9.84. The number of rotatable bonds is 1. The molecule has 1 aliphatic rings. The van der Waals surface area contributed by atoms with Crippen molar-refractivity contribution in [2.75, 3.05) is 0 Å². The van der Waals surface area contributed by atoms with Crippen LogP contribution in [-0.2, 0) is 0 Å². The zero-order valence-corrected chi connectivity index (χ0v) is 8.52. The number of alkyl halides is 1. The van der Waals surface area contributed by atoms with Gasteiger partial charge in [0.05, 0.1) is 12.2 Å². The SMILES string of the molecule is N#CC1(F)CC(O)=CC=C1c1ccccc1. The van der Waals surface area contributed by atoms with E-state index in [0.29, 0.717) is 11.1 Å². The van der Waals surface area contributed by atoms with Crippen LogP contribution < -0.4 is 0 Å². The molecule has 0 amide bonds. The van der Waals surface area contributed by atoms with Crippen LogP contribution >= 0.6 is 0 Å². The topological polar surface area (TPSA) is 44.0 Å². The lowest BCUT2D eigenvalue weighted by Crippen LogP contribution is -2.25. The number of aliphatic hydroxyl groups excluding tert-OH is 1. The average molecular weight is 215 g/mol. The van der Waals surface area contributed by atoms with Crippen molar-refractivity contribution in [3.05, 3.63) is 53.8 Å². The molecule has 16 heavy (non-hydrogen) atoms. The minimum absolute atomic E-state index is 0.108. The monoisotopic (exact) mass is 215 g/mol. The molecule has 1 aromatic carbocycles. The van der Waals surface area contributed by atoms with Gasteiger partial charge in [0, 0.05) is 5.57 Å². The maximum absolute atomic E-state index is 14.3. The van der Waals surface area contributed by atoms with Crippen LogP contribution in [0.4, 0.5) is 4.39 Å². The maximum Gasteiger partial charge on any atom is 0.228 e. The lowest BCUT2D eigenvalue weighted by molar-refractivity contribution is 0.266. The first-order valence-electron chi connectivity index (χ1n) is 4.91. The average Bonchev–Trinajstić information content (AvgIpc) is 2.30. The third-order valence-corrected chi connectivity index (χ3v) is 2.56. The first-order valence-corrected chi connectivity index (χ1v) is 4.91. The Balaban J connectivity index is 2.51. The molecule has 0 saturated heterocycles. The van der Waals surface area contributed by atoms with Gasteiger partial charge in [-0.15, -0.1) is 0 Å². The second-order valence-corrected chi connectivity index (χ2v) is 3.69. The van der Waals surface area contributed by atoms with Gasteiger partial charge in [0.1, 0.15) is 6.07 Å². The first-order chi connectivity index (χ1) is 7.65. The molecule has 80 valence electrons. The Kier molecular flexibility index (Phi) is 2.49. The lowest BCUT2D eigenvalue weighted by Gasteiger charge is -2.23. The van der Waals surface area contributed by atoms with E-state index in [4.69, 9.17) is 5.26 Å². The summed E-state index contributed by atoms with van der Waals surface area (Å²) in [5.74, 6) is -0.108. The summed E-state index contributed by atoms with van der Waals surface area (Å²) in [5, 5.41) is 18.2. The Morgan fingerprint density at radius 1 is 1.25 bits per heavy atom. The van der Waals surface area contributed by atoms with E-state index in [2.05, 4.69) is 0 Å². The molecule has 0 fully saturated rings. The molecule has 1 N–H and O–H groups in total. The van der Waals surface area contributed by atoms with Crippen LogP contribution in [0.1, 0.15) is 12.0 Å². The Bertz CT molecular complexity index is 498. The number of hydrogen-bond acceptors (Lipinski definition) is 2. The minimum atomic E-state index is -2.14. The second kappa shape index (κ2) is 3.82. The van der Waals surface area contributed by atoms with Crippen LogP contribution in [0.25, 0.3) is 5.57 Å². The van der Waals surface area contributed by atoms with Gasteiger partial charge in [-0.1, -0.05) is 36.4 Å². The molecule has 0 spiro atoms. The number of nitrogens with zero attached hydrogens (tertiary/aromatic N) is 1. The molecule has 3 heteroatoms. The van der Waals surface area contributed by atoms with Crippen molar-refractivity contribution < 1.29 is 9.50 Å². The quantitative estimate of drug-likeness (QED) is 0.782. The Hall–Kier alpha value is -2.08. The Morgan fingerprint density at radius 3 is 2.56 bits per heavy atom. The summed E-state index contributed by atoms with van der Waals surface area (Å²) in [6.07, 6.45) is 2.60. The first kappa shape index (κ1) is 10.4. The Morgan fingerprint density at radius 2 is 1.94 bits per heavy atom. The normalized spacial score (nSPS) is 24.2. The highest BCUT2D eigenvalue weighted by Gasteiger charge is 2.38. The smallest absolute Gasteiger partial charge is 0.228 e. The summed E-state index contributed by atoms with van der Waals surface area (Å²) in [6.45, 7) is 0. The highest BCUT2D eigenvalue weighted by molar-refractivity contribution is 5.77. The van der Waals surface area contributed by atoms with E-state index in [1.165, 1.54) is 12.2 Å². The molecule has 2 nitrogen and oxygen atoms in total. The predicted octanol–water partition coefficient (Wildman–Crippen LogP) is 3.15. The second-order valence-electron chi connectivity index (χ2n) is 3.69. The van der Waals surface area contributed by atoms with Gasteiger partial charge in [-0.3, -0.25) is 0 Å². The summed E-state index contributed by atoms with van der Waals surface area (Å²) >= 11 is 0. The van der Waals surface area contributed by atoms with Crippen molar-refractivity contribution in [1.29, 1.82) is 5.26 Å². The summed E-state index contributed by atoms with van der Waals surface area (Å²) in [7, 11) is 0. The van der Waals surface area contributed by atoms with Gasteiger partial charge in [0.2, 0.25) is 5.67 Å². The fourth-order valence-corrected chi connectivity index (χ4v) is 1.76. The standard InChI is InChI=1S/C13H10FNO/c14-13(9-15)8-11(16)6-7-12(13)10-4-2-1-3-5-10/h1-7,16H,8H2. The van der Waals surface area contributed by atoms with Crippen LogP contribution in [0.3, 0.4) is 0 Å². The van der Waals surface area contributed by atoms with E-state index in [9.17, 15) is 9.50 Å². The van der Waals surface area contributed by atoms with Crippen molar-refractivity contribution in [1.82, 2.24) is 0 Å². The molecule has 0 bridgehead atoms. The van der Waals surface area contributed by atoms with E-state index in [-0.39, 0.29) is 12.2 Å². The molecule has 0 radical (unpaired) electrons. The zero-order valence-electron chi connectivity index (χ0n) is 8.52. The van der Waals surface area contributed by atoms with Crippen LogP contribution in [0.2, 0.25) is 0 Å². The fraction of sp³-hybridized carbons (Fsp3) is 0.154. The van der Waals surface area contributed by atoms with Crippen molar-refractivity contribution in [2.24, 2.45) is 0 Å². The number of aliphatic hydroxyl groups is 1. The van der Waals surface area contributed by atoms with Gasteiger partial charge in [-0.2, -0.15) is 5.26 Å². The molecule has 1 atom stereocenters. The van der Waals surface area contributed by atoms with Crippen molar-refractivity contribution in [2.45, 2.75) is 12.1 Å². The van der Waals surface area contributed by atoms with Crippen LogP contribution in [-0.4, -0.2) is 10.8 Å². The minimum Gasteiger partial charge on any atom is -0.512 e. The van der Waals surface area contributed by atoms with Crippen molar-refractivity contribution in [3.63, 3.8) is 0 Å². The molecule has 0 saturated carbocycles. The highest BCUT2D eigenvalue weighted by atomic mass is 19.1. The van der Waals surface area contributed by atoms with E-state index in [1.807, 2.05) is 6.07 Å². The third-order valence-electron chi connectivity index (χ3n) is 2.56. The van der Waals surface area contributed by atoms with Gasteiger partial charge >= 0.3 is 0 Å². The van der Waals surface area contributed by atoms with Gasteiger partial charge in [0.15, 0.2) is 0 Å². The number of allylic oxidation sites excluding steroid dienone is 4. The van der Waals surface area contributed by atoms with Crippen molar-refractivity contribution >= 4 is 5.57 Å². The third kappa shape index (κ3) is 1.70. The van der Waals surface area contributed by atoms with E-state index < -0.39 is 5.67 Å². The largest absolute Gasteiger partial charge is 0.512 e. The summed E-state index contributed by atoms with van der Waals surface area (Å²) < 4.78 is 14.3. The fourth-order valence-electron chi connectivity index (χ4n) is 1.76. The summed E-state index contributed by atoms with van der Waals surface area (Å²) in [5.41, 5.74) is -1.18. The van der Waals surface area contributed by atoms with E-state index in [0.717, 1.165) is 0 Å². The Labute approximate surface area is 93.0 Å². The van der Waals surface area contributed by atoms with E-state index in [1.54, 1.807) is 30.3 Å². The molecular weight excluding hydrogens is 205 g/mol. The molecule has 1 aromatic rings. The molecule has 0 aliphatic heterocycles. The number of nitriles is 1. The summed E-state index contributed by atoms with van der Waals surface area (Å²) in [4.78, 5) is 0. The number of hydrogen-bond donors (Lipinski definition) is 1. The van der Waals surface area contributed by atoms with Crippen molar-refractivity contribution in [3.8, 4) is 6.07 Å². The predicted molar refractivity (Wildman–Crippen MR) is 59.2 cm³/mol. The van der Waals surface area contributed by atoms with Crippen LogP contribution in [0, 0.1) is 11.3 Å². The summed E-state index contributed by atoms with van der Waals surface area (Å²) in [6, 6.07) is 10.5. The van der Waals surface area contributed by atoms with Gasteiger partial charge in [-0.25, -0.2) is 4.39 Å². The maximum atomic E-state index is 14.3. The van der Waals surface area contributed by atoms with Gasteiger partial charge in [0.25, 0.3) is 0 Å². The number of benzene rings is 1. The van der Waals surface area contributed by atoms with Crippen LogP contribution in [0.15, 0.2) is 48.2 Å². The van der Waals surface area contributed by atoms with Gasteiger partial charge < -0.3 is 5.11 Å². The molecule has 0 aromatic heterocycles. The number of halogens is 1. The van der Waals surface area contributed by atoms with E-state index >= 15 is 0 Å². The molecular formula is C13H10FNO. The molecule has 1 unspecified atom stereocenters. The van der Waals surface area contributed by atoms with Gasteiger partial charge in [-0.05, 0) is 11.6 Å².